The van der Waals surface area contributed by atoms with Crippen LogP contribution in [0, 0.1) is 0 Å². The fourth-order valence-electron chi connectivity index (χ4n) is 1.44. The van der Waals surface area contributed by atoms with Crippen molar-refractivity contribution in [3.8, 4) is 0 Å². The van der Waals surface area contributed by atoms with Crippen LogP contribution in [0.15, 0.2) is 35.5 Å². The molecular formula is C11H9F3N2O2. The van der Waals surface area contributed by atoms with Crippen LogP contribution < -0.4 is 5.32 Å². The third kappa shape index (κ3) is 2.79. The summed E-state index contributed by atoms with van der Waals surface area (Å²) < 4.78 is 36.8. The molecule has 0 bridgehead atoms. The molecule has 0 radical (unpaired) electrons. The van der Waals surface area contributed by atoms with E-state index in [0.29, 0.717) is 5.56 Å². The largest absolute Gasteiger partial charge is 0.432 e. The predicted octanol–water partition coefficient (Wildman–Crippen LogP) is 2.08. The minimum absolute atomic E-state index is 0.349. The van der Waals surface area contributed by atoms with Gasteiger partial charge in [-0.15, -0.1) is 0 Å². The third-order valence-corrected chi connectivity index (χ3v) is 2.32. The van der Waals surface area contributed by atoms with Gasteiger partial charge in [0.15, 0.2) is 5.71 Å². The van der Waals surface area contributed by atoms with E-state index in [2.05, 4.69) is 15.3 Å². The lowest BCUT2D eigenvalue weighted by Crippen LogP contribution is -2.36. The Hall–Kier alpha value is -2.05. The summed E-state index contributed by atoms with van der Waals surface area (Å²) in [6.45, 7) is 0. The number of rotatable bonds is 2. The molecule has 1 aromatic rings. The molecule has 1 heterocycles. The standard InChI is InChI=1S/C11H9F3N2O2/c12-11(13,14)8-6-9(18-16-8)15-10(17)7-4-2-1-3-5-7/h1-5,9H,6H2,(H,15,17). The summed E-state index contributed by atoms with van der Waals surface area (Å²) >= 11 is 0. The van der Waals surface area contributed by atoms with Crippen LogP contribution in [0.5, 0.6) is 0 Å². The van der Waals surface area contributed by atoms with Crippen LogP contribution in [0.1, 0.15) is 16.8 Å². The number of alkyl halides is 3. The van der Waals surface area contributed by atoms with E-state index >= 15 is 0 Å². The summed E-state index contributed by atoms with van der Waals surface area (Å²) in [7, 11) is 0. The number of halogens is 3. The Morgan fingerprint density at radius 3 is 2.56 bits per heavy atom. The average molecular weight is 258 g/mol. The summed E-state index contributed by atoms with van der Waals surface area (Å²) in [6, 6.07) is 8.14. The molecule has 7 heteroatoms. The lowest BCUT2D eigenvalue weighted by Gasteiger charge is -2.10. The highest BCUT2D eigenvalue weighted by Gasteiger charge is 2.41. The molecule has 1 N–H and O–H groups in total. The second-order valence-electron chi connectivity index (χ2n) is 3.67. The fourth-order valence-corrected chi connectivity index (χ4v) is 1.44. The van der Waals surface area contributed by atoms with Gasteiger partial charge in [0.2, 0.25) is 6.23 Å². The fraction of sp³-hybridized carbons (Fsp3) is 0.273. The molecule has 96 valence electrons. The van der Waals surface area contributed by atoms with Crippen molar-refractivity contribution in [2.75, 3.05) is 0 Å². The van der Waals surface area contributed by atoms with Gasteiger partial charge >= 0.3 is 6.18 Å². The van der Waals surface area contributed by atoms with E-state index in [1.165, 1.54) is 0 Å². The van der Waals surface area contributed by atoms with Crippen molar-refractivity contribution in [2.45, 2.75) is 18.8 Å². The molecule has 0 spiro atoms. The molecule has 1 aromatic carbocycles. The van der Waals surface area contributed by atoms with Gasteiger partial charge in [0.05, 0.1) is 6.42 Å². The summed E-state index contributed by atoms with van der Waals surface area (Å²) in [6.07, 6.45) is -6.08. The Kier molecular flexibility index (Phi) is 3.22. The number of carbonyl (C=O) groups is 1. The Balaban J connectivity index is 1.93. The van der Waals surface area contributed by atoms with Gasteiger partial charge in [0.25, 0.3) is 5.91 Å². The molecule has 0 aromatic heterocycles. The average Bonchev–Trinajstić information content (AvgIpc) is 2.78. The van der Waals surface area contributed by atoms with Crippen molar-refractivity contribution in [1.82, 2.24) is 5.32 Å². The van der Waals surface area contributed by atoms with Crippen molar-refractivity contribution < 1.29 is 22.8 Å². The molecule has 1 amide bonds. The first-order valence-electron chi connectivity index (χ1n) is 5.12. The first-order valence-corrected chi connectivity index (χ1v) is 5.12. The number of carbonyl (C=O) groups excluding carboxylic acids is 1. The number of amides is 1. The normalized spacial score (nSPS) is 19.1. The van der Waals surface area contributed by atoms with E-state index in [1.807, 2.05) is 0 Å². The van der Waals surface area contributed by atoms with Gasteiger partial charge in [-0.3, -0.25) is 4.79 Å². The first-order chi connectivity index (χ1) is 8.47. The maximum atomic E-state index is 12.3. The topological polar surface area (TPSA) is 50.7 Å². The summed E-state index contributed by atoms with van der Waals surface area (Å²) in [4.78, 5) is 16.2. The van der Waals surface area contributed by atoms with Gasteiger partial charge in [0, 0.05) is 5.56 Å². The highest BCUT2D eigenvalue weighted by atomic mass is 19.4. The van der Waals surface area contributed by atoms with Gasteiger partial charge in [-0.25, -0.2) is 0 Å². The summed E-state index contributed by atoms with van der Waals surface area (Å²) in [5, 5.41) is 5.23. The minimum atomic E-state index is -4.52. The van der Waals surface area contributed by atoms with Crippen LogP contribution in [0.3, 0.4) is 0 Å². The van der Waals surface area contributed by atoms with Crippen LogP contribution in [0.4, 0.5) is 13.2 Å². The van der Waals surface area contributed by atoms with E-state index in [4.69, 9.17) is 0 Å². The van der Waals surface area contributed by atoms with Gasteiger partial charge in [0.1, 0.15) is 0 Å². The zero-order valence-electron chi connectivity index (χ0n) is 9.07. The highest BCUT2D eigenvalue weighted by molar-refractivity contribution is 5.95. The zero-order valence-corrected chi connectivity index (χ0v) is 9.07. The number of oxime groups is 1. The SMILES string of the molecule is O=C(NC1CC(C(F)(F)F)=NO1)c1ccccc1. The Morgan fingerprint density at radius 2 is 2.00 bits per heavy atom. The zero-order chi connectivity index (χ0) is 13.2. The van der Waals surface area contributed by atoms with Gasteiger partial charge < -0.3 is 10.2 Å². The highest BCUT2D eigenvalue weighted by Crippen LogP contribution is 2.24. The van der Waals surface area contributed by atoms with Crippen LogP contribution >= 0.6 is 0 Å². The van der Waals surface area contributed by atoms with Gasteiger partial charge in [-0.2, -0.15) is 13.2 Å². The van der Waals surface area contributed by atoms with E-state index in [0.717, 1.165) is 0 Å². The lowest BCUT2D eigenvalue weighted by molar-refractivity contribution is -0.0604. The van der Waals surface area contributed by atoms with Crippen molar-refractivity contribution in [2.24, 2.45) is 5.16 Å². The molecule has 2 rings (SSSR count). The van der Waals surface area contributed by atoms with E-state index in [9.17, 15) is 18.0 Å². The molecule has 18 heavy (non-hydrogen) atoms. The number of benzene rings is 1. The summed E-state index contributed by atoms with van der Waals surface area (Å²) in [5.41, 5.74) is -0.678. The smallest absolute Gasteiger partial charge is 0.370 e. The van der Waals surface area contributed by atoms with Crippen LogP contribution in [0.2, 0.25) is 0 Å². The summed E-state index contributed by atoms with van der Waals surface area (Å²) in [5.74, 6) is -0.501. The quantitative estimate of drug-likeness (QED) is 0.882. The number of nitrogens with one attached hydrogen (secondary N) is 1. The molecule has 0 saturated heterocycles. The molecule has 0 fully saturated rings. The molecule has 1 unspecified atom stereocenters. The van der Waals surface area contributed by atoms with Crippen molar-refractivity contribution in [3.63, 3.8) is 0 Å². The number of hydrogen-bond donors (Lipinski definition) is 1. The predicted molar refractivity (Wildman–Crippen MR) is 56.9 cm³/mol. The monoisotopic (exact) mass is 258 g/mol. The van der Waals surface area contributed by atoms with Crippen LogP contribution in [-0.4, -0.2) is 24.0 Å². The molecule has 4 nitrogen and oxygen atoms in total. The van der Waals surface area contributed by atoms with E-state index < -0.39 is 30.4 Å². The third-order valence-electron chi connectivity index (χ3n) is 2.32. The van der Waals surface area contributed by atoms with Crippen LogP contribution in [0.25, 0.3) is 0 Å². The molecule has 1 aliphatic rings. The molecule has 1 atom stereocenters. The van der Waals surface area contributed by atoms with Gasteiger partial charge in [-0.05, 0) is 12.1 Å². The molecule has 1 aliphatic heterocycles. The molecular weight excluding hydrogens is 249 g/mol. The van der Waals surface area contributed by atoms with Crippen molar-refractivity contribution in [1.29, 1.82) is 0 Å². The number of hydrogen-bond acceptors (Lipinski definition) is 3. The Labute approximate surface area is 100 Å². The van der Waals surface area contributed by atoms with Crippen molar-refractivity contribution >= 4 is 11.6 Å². The Bertz CT molecular complexity index is 471. The number of nitrogens with zero attached hydrogens (tertiary/aromatic N) is 1. The molecule has 0 aliphatic carbocycles. The maximum absolute atomic E-state index is 12.3. The van der Waals surface area contributed by atoms with E-state index in [1.54, 1.807) is 30.3 Å². The van der Waals surface area contributed by atoms with Gasteiger partial charge in [-0.1, -0.05) is 23.4 Å². The molecule has 0 saturated carbocycles. The minimum Gasteiger partial charge on any atom is -0.370 e. The maximum Gasteiger partial charge on any atom is 0.432 e. The van der Waals surface area contributed by atoms with Crippen LogP contribution in [-0.2, 0) is 4.84 Å². The Morgan fingerprint density at radius 1 is 1.33 bits per heavy atom. The lowest BCUT2D eigenvalue weighted by atomic mass is 10.2. The first kappa shape index (κ1) is 12.4. The van der Waals surface area contributed by atoms with E-state index in [-0.39, 0.29) is 0 Å². The van der Waals surface area contributed by atoms with Crippen molar-refractivity contribution in [3.05, 3.63) is 35.9 Å². The second kappa shape index (κ2) is 4.67. The second-order valence-corrected chi connectivity index (χ2v) is 3.67.